The number of nitrogens with one attached hydrogen (secondary N) is 2. The average Bonchev–Trinajstić information content (AvgIpc) is 3.04. The molecular formula is C15H13N5O2S. The molecule has 1 aromatic carbocycles. The molecule has 0 radical (unpaired) electrons. The van der Waals surface area contributed by atoms with Gasteiger partial charge < -0.3 is 10.1 Å². The molecule has 0 bridgehead atoms. The van der Waals surface area contributed by atoms with E-state index in [0.29, 0.717) is 22.3 Å². The Kier molecular flexibility index (Phi) is 4.44. The van der Waals surface area contributed by atoms with E-state index in [2.05, 4.69) is 25.0 Å². The van der Waals surface area contributed by atoms with Crippen LogP contribution in [0.2, 0.25) is 0 Å². The van der Waals surface area contributed by atoms with E-state index in [1.165, 1.54) is 0 Å². The lowest BCUT2D eigenvalue weighted by Crippen LogP contribution is -2.19. The smallest absolute Gasteiger partial charge is 0.325 e. The number of rotatable bonds is 4. The van der Waals surface area contributed by atoms with Crippen molar-refractivity contribution in [2.24, 2.45) is 0 Å². The average molecular weight is 327 g/mol. The first-order valence-electron chi connectivity index (χ1n) is 6.72. The highest BCUT2D eigenvalue weighted by Crippen LogP contribution is 2.19. The molecule has 7 nitrogen and oxygen atoms in total. The second-order valence-corrected chi connectivity index (χ2v) is 5.20. The first-order valence-corrected chi connectivity index (χ1v) is 7.49. The standard InChI is InChI=1S/C15H13N5O2S/c1-22-11-7-5-10(6-8-11)17-14(21)19-15-18-13(20-23-15)12-4-2-3-9-16-12/h2-9H,1H3,(H2,17,18,19,20,21). The van der Waals surface area contributed by atoms with Gasteiger partial charge in [-0.05, 0) is 36.4 Å². The van der Waals surface area contributed by atoms with Crippen molar-refractivity contribution in [2.75, 3.05) is 17.7 Å². The van der Waals surface area contributed by atoms with Crippen LogP contribution < -0.4 is 15.4 Å². The third-order valence-electron chi connectivity index (χ3n) is 2.89. The number of nitrogens with zero attached hydrogens (tertiary/aromatic N) is 3. The largest absolute Gasteiger partial charge is 0.497 e. The molecule has 0 saturated heterocycles. The molecule has 2 heterocycles. The minimum atomic E-state index is -0.390. The van der Waals surface area contributed by atoms with E-state index in [9.17, 15) is 4.79 Å². The van der Waals surface area contributed by atoms with Gasteiger partial charge in [-0.3, -0.25) is 10.3 Å². The fourth-order valence-electron chi connectivity index (χ4n) is 1.81. The third kappa shape index (κ3) is 3.80. The van der Waals surface area contributed by atoms with E-state index >= 15 is 0 Å². The number of amides is 2. The highest BCUT2D eigenvalue weighted by molar-refractivity contribution is 7.10. The Morgan fingerprint density at radius 1 is 1.13 bits per heavy atom. The van der Waals surface area contributed by atoms with Gasteiger partial charge in [0, 0.05) is 23.4 Å². The Morgan fingerprint density at radius 2 is 1.96 bits per heavy atom. The maximum Gasteiger partial charge on any atom is 0.325 e. The summed E-state index contributed by atoms with van der Waals surface area (Å²) in [6.07, 6.45) is 1.67. The van der Waals surface area contributed by atoms with Crippen molar-refractivity contribution in [1.29, 1.82) is 0 Å². The predicted octanol–water partition coefficient (Wildman–Crippen LogP) is 3.25. The molecule has 3 rings (SSSR count). The van der Waals surface area contributed by atoms with Gasteiger partial charge in [-0.25, -0.2) is 4.79 Å². The molecule has 0 aliphatic rings. The molecule has 23 heavy (non-hydrogen) atoms. The van der Waals surface area contributed by atoms with Crippen LogP contribution in [-0.4, -0.2) is 27.5 Å². The molecule has 8 heteroatoms. The van der Waals surface area contributed by atoms with Crippen molar-refractivity contribution in [3.05, 3.63) is 48.7 Å². The Hall–Kier alpha value is -3.00. The molecule has 2 aromatic heterocycles. The number of anilines is 2. The highest BCUT2D eigenvalue weighted by Gasteiger charge is 2.10. The van der Waals surface area contributed by atoms with Crippen molar-refractivity contribution < 1.29 is 9.53 Å². The molecule has 0 aliphatic carbocycles. The second-order valence-electron chi connectivity index (χ2n) is 4.45. The van der Waals surface area contributed by atoms with E-state index in [1.807, 2.05) is 18.2 Å². The fraction of sp³-hybridized carbons (Fsp3) is 0.0667. The van der Waals surface area contributed by atoms with Crippen LogP contribution in [0.1, 0.15) is 0 Å². The third-order valence-corrected chi connectivity index (χ3v) is 3.52. The zero-order chi connectivity index (χ0) is 16.1. The number of aromatic nitrogens is 3. The SMILES string of the molecule is COc1ccc(NC(=O)Nc2nc(-c3ccccn3)ns2)cc1. The topological polar surface area (TPSA) is 89.0 Å². The molecule has 2 N–H and O–H groups in total. The summed E-state index contributed by atoms with van der Waals surface area (Å²) in [5, 5.41) is 5.75. The number of hydrogen-bond donors (Lipinski definition) is 2. The van der Waals surface area contributed by atoms with Gasteiger partial charge in [0.05, 0.1) is 7.11 Å². The van der Waals surface area contributed by atoms with E-state index in [1.54, 1.807) is 37.6 Å². The van der Waals surface area contributed by atoms with Gasteiger partial charge in [0.15, 0.2) is 5.82 Å². The molecule has 0 fully saturated rings. The second kappa shape index (κ2) is 6.84. The number of benzene rings is 1. The monoisotopic (exact) mass is 327 g/mol. The zero-order valence-corrected chi connectivity index (χ0v) is 13.0. The van der Waals surface area contributed by atoms with Crippen molar-refractivity contribution in [2.45, 2.75) is 0 Å². The van der Waals surface area contributed by atoms with Crippen LogP contribution in [0.25, 0.3) is 11.5 Å². The van der Waals surface area contributed by atoms with Crippen LogP contribution in [-0.2, 0) is 0 Å². The zero-order valence-electron chi connectivity index (χ0n) is 12.2. The van der Waals surface area contributed by atoms with Gasteiger partial charge in [0.1, 0.15) is 11.4 Å². The summed E-state index contributed by atoms with van der Waals surface area (Å²) in [5.41, 5.74) is 1.31. The number of methoxy groups -OCH3 is 1. The number of ether oxygens (including phenoxy) is 1. The lowest BCUT2D eigenvalue weighted by atomic mass is 10.3. The fourth-order valence-corrected chi connectivity index (χ4v) is 2.38. The number of hydrogen-bond acceptors (Lipinski definition) is 6. The molecule has 0 aliphatic heterocycles. The van der Waals surface area contributed by atoms with Gasteiger partial charge in [-0.1, -0.05) is 6.07 Å². The van der Waals surface area contributed by atoms with Gasteiger partial charge in [-0.15, -0.1) is 0 Å². The Morgan fingerprint density at radius 3 is 2.65 bits per heavy atom. The van der Waals surface area contributed by atoms with E-state index in [4.69, 9.17) is 4.74 Å². The molecule has 2 amide bonds. The van der Waals surface area contributed by atoms with Crippen LogP contribution in [0.3, 0.4) is 0 Å². The van der Waals surface area contributed by atoms with Gasteiger partial charge in [0.25, 0.3) is 0 Å². The summed E-state index contributed by atoms with van der Waals surface area (Å²) in [6.45, 7) is 0. The summed E-state index contributed by atoms with van der Waals surface area (Å²) in [7, 11) is 1.59. The molecule has 0 unspecified atom stereocenters. The first kappa shape index (κ1) is 14.9. The Balaban J connectivity index is 1.63. The summed E-state index contributed by atoms with van der Waals surface area (Å²) < 4.78 is 9.24. The Labute approximate surface area is 136 Å². The van der Waals surface area contributed by atoms with Crippen LogP contribution in [0, 0.1) is 0 Å². The van der Waals surface area contributed by atoms with Crippen LogP contribution in [0.5, 0.6) is 5.75 Å². The lowest BCUT2D eigenvalue weighted by Gasteiger charge is -2.05. The van der Waals surface area contributed by atoms with Crippen LogP contribution in [0.4, 0.5) is 15.6 Å². The van der Waals surface area contributed by atoms with Crippen LogP contribution >= 0.6 is 11.5 Å². The molecule has 0 spiro atoms. The van der Waals surface area contributed by atoms with Crippen molar-refractivity contribution in [1.82, 2.24) is 14.3 Å². The quantitative estimate of drug-likeness (QED) is 0.768. The summed E-state index contributed by atoms with van der Waals surface area (Å²) >= 11 is 1.10. The van der Waals surface area contributed by atoms with Gasteiger partial charge >= 0.3 is 6.03 Å². The Bertz CT molecular complexity index is 789. The summed E-state index contributed by atoms with van der Waals surface area (Å²) in [6, 6.07) is 12.1. The maximum absolute atomic E-state index is 12.0. The lowest BCUT2D eigenvalue weighted by molar-refractivity contribution is 0.262. The first-order chi connectivity index (χ1) is 11.2. The summed E-state index contributed by atoms with van der Waals surface area (Å²) in [5.74, 6) is 1.20. The minimum Gasteiger partial charge on any atom is -0.497 e. The highest BCUT2D eigenvalue weighted by atomic mass is 32.1. The van der Waals surface area contributed by atoms with Gasteiger partial charge in [-0.2, -0.15) is 9.36 Å². The predicted molar refractivity (Wildman–Crippen MR) is 88.8 cm³/mol. The molecule has 0 atom stereocenters. The van der Waals surface area contributed by atoms with Crippen molar-refractivity contribution >= 4 is 28.4 Å². The number of urea groups is 1. The molecular weight excluding hydrogens is 314 g/mol. The molecule has 0 saturated carbocycles. The van der Waals surface area contributed by atoms with Crippen molar-refractivity contribution in [3.63, 3.8) is 0 Å². The number of pyridine rings is 1. The van der Waals surface area contributed by atoms with E-state index in [0.717, 1.165) is 17.3 Å². The summed E-state index contributed by atoms with van der Waals surface area (Å²) in [4.78, 5) is 20.4. The van der Waals surface area contributed by atoms with E-state index in [-0.39, 0.29) is 6.03 Å². The van der Waals surface area contributed by atoms with Crippen LogP contribution in [0.15, 0.2) is 48.7 Å². The number of carbonyl (C=O) groups excluding carboxylic acids is 1. The van der Waals surface area contributed by atoms with Crippen molar-refractivity contribution in [3.8, 4) is 17.3 Å². The maximum atomic E-state index is 12.0. The van der Waals surface area contributed by atoms with Gasteiger partial charge in [0.2, 0.25) is 5.13 Å². The number of carbonyl (C=O) groups is 1. The normalized spacial score (nSPS) is 10.1. The molecule has 3 aromatic rings. The molecule has 116 valence electrons. The van der Waals surface area contributed by atoms with E-state index < -0.39 is 0 Å². The minimum absolute atomic E-state index is 0.390.